The smallest absolute Gasteiger partial charge is 0.0237 e. The zero-order chi connectivity index (χ0) is 3.86. The fourth-order valence-electron chi connectivity index (χ4n) is 0.152. The molecule has 5 heavy (non-hydrogen) atoms. The van der Waals surface area contributed by atoms with Crippen molar-refractivity contribution in [1.29, 1.82) is 0 Å². The van der Waals surface area contributed by atoms with E-state index in [-0.39, 0.29) is 0 Å². The van der Waals surface area contributed by atoms with Gasteiger partial charge in [-0.3, -0.25) is 0 Å². The second-order valence-electron chi connectivity index (χ2n) is 1.32. The number of hydrogen-bond acceptors (Lipinski definition) is 1. The first-order valence-corrected chi connectivity index (χ1v) is 3.39. The molecule has 30 valence electrons. The van der Waals surface area contributed by atoms with E-state index in [1.807, 2.05) is 0 Å². The van der Waals surface area contributed by atoms with Crippen molar-refractivity contribution < 1.29 is 0 Å². The molecule has 2 heteroatoms. The maximum Gasteiger partial charge on any atom is 0.0237 e. The van der Waals surface area contributed by atoms with Crippen LogP contribution in [0.3, 0.4) is 0 Å². The zero-order valence-electron chi connectivity index (χ0n) is 2.69. The van der Waals surface area contributed by atoms with Crippen LogP contribution in [-0.2, 0) is 0 Å². The molecule has 1 aliphatic rings. The van der Waals surface area contributed by atoms with Gasteiger partial charge in [0, 0.05) is 9.17 Å². The molecule has 0 saturated heterocycles. The highest BCUT2D eigenvalue weighted by Gasteiger charge is 2.29. The summed E-state index contributed by atoms with van der Waals surface area (Å²) in [6.07, 6.45) is 1.32. The van der Waals surface area contributed by atoms with Gasteiger partial charge in [0.25, 0.3) is 0 Å². The molecule has 1 aliphatic carbocycles. The Morgan fingerprint density at radius 2 is 2.00 bits per heavy atom. The van der Waals surface area contributed by atoms with Gasteiger partial charge < -0.3 is 0 Å². The van der Waals surface area contributed by atoms with Gasteiger partial charge in [0.15, 0.2) is 0 Å². The van der Waals surface area contributed by atoms with E-state index in [1.54, 1.807) is 0 Å². The summed E-state index contributed by atoms with van der Waals surface area (Å²) >= 11 is 6.57. The summed E-state index contributed by atoms with van der Waals surface area (Å²) < 4.78 is 0.885. The third-order valence-electron chi connectivity index (χ3n) is 0.681. The zero-order valence-corrected chi connectivity index (χ0v) is 5.74. The average Bonchev–Trinajstić information content (AvgIpc) is 1.79. The number of rotatable bonds is 0. The first kappa shape index (κ1) is 4.24. The van der Waals surface area contributed by atoms with Crippen LogP contribution in [0.15, 0.2) is 0 Å². The van der Waals surface area contributed by atoms with Gasteiger partial charge in [-0.2, -0.15) is 12.6 Å². The summed E-state index contributed by atoms with van der Waals surface area (Å²) in [7, 11) is 0. The summed E-state index contributed by atoms with van der Waals surface area (Å²) in [5.41, 5.74) is 0. The Morgan fingerprint density at radius 1 is 1.80 bits per heavy atom. The molecule has 0 aromatic heterocycles. The Bertz CT molecular complexity index is 40.2. The van der Waals surface area contributed by atoms with Gasteiger partial charge in [0.1, 0.15) is 0 Å². The van der Waals surface area contributed by atoms with Gasteiger partial charge >= 0.3 is 0 Å². The standard InChI is InChI=1S/C3H5IS/c4-2-1-3(2)5/h2-3,5H,1H2. The minimum absolute atomic E-state index is 0.732. The quantitative estimate of drug-likeness (QED) is 0.342. The predicted octanol–water partition coefficient (Wildman–Crippen LogP) is 1.49. The Kier molecular flexibility index (Phi) is 1.10. The van der Waals surface area contributed by atoms with E-state index < -0.39 is 0 Å². The van der Waals surface area contributed by atoms with Crippen molar-refractivity contribution >= 4 is 35.2 Å². The van der Waals surface area contributed by atoms with Crippen molar-refractivity contribution in [3.8, 4) is 0 Å². The number of hydrogen-bond donors (Lipinski definition) is 1. The van der Waals surface area contributed by atoms with Gasteiger partial charge in [0.2, 0.25) is 0 Å². The molecule has 0 bridgehead atoms. The third kappa shape index (κ3) is 0.961. The largest absolute Gasteiger partial charge is 0.175 e. The van der Waals surface area contributed by atoms with Gasteiger partial charge in [-0.1, -0.05) is 22.6 Å². The lowest BCUT2D eigenvalue weighted by Crippen LogP contribution is -1.62. The molecule has 2 unspecified atom stereocenters. The van der Waals surface area contributed by atoms with E-state index in [1.165, 1.54) is 6.42 Å². The molecule has 0 radical (unpaired) electrons. The number of thiol groups is 1. The highest BCUT2D eigenvalue weighted by atomic mass is 127. The topological polar surface area (TPSA) is 0 Å². The van der Waals surface area contributed by atoms with Crippen LogP contribution in [0.5, 0.6) is 0 Å². The maximum absolute atomic E-state index is 4.16. The maximum atomic E-state index is 4.16. The van der Waals surface area contributed by atoms with Crippen molar-refractivity contribution in [2.24, 2.45) is 0 Å². The molecule has 0 amide bonds. The van der Waals surface area contributed by atoms with Crippen molar-refractivity contribution in [3.05, 3.63) is 0 Å². The minimum Gasteiger partial charge on any atom is -0.175 e. The lowest BCUT2D eigenvalue weighted by Gasteiger charge is -1.64. The fourth-order valence-corrected chi connectivity index (χ4v) is 1.33. The Labute approximate surface area is 50.9 Å². The molecule has 0 N–H and O–H groups in total. The molecule has 0 aromatic rings. The van der Waals surface area contributed by atoms with E-state index in [2.05, 4.69) is 35.2 Å². The molecule has 0 spiro atoms. The van der Waals surface area contributed by atoms with E-state index in [0.717, 1.165) is 9.17 Å². The molecule has 0 aliphatic heterocycles. The van der Waals surface area contributed by atoms with Crippen molar-refractivity contribution in [3.63, 3.8) is 0 Å². The van der Waals surface area contributed by atoms with Crippen LogP contribution in [-0.4, -0.2) is 9.17 Å². The summed E-state index contributed by atoms with van der Waals surface area (Å²) in [6.45, 7) is 0. The van der Waals surface area contributed by atoms with Crippen LogP contribution in [0, 0.1) is 0 Å². The van der Waals surface area contributed by atoms with Crippen LogP contribution >= 0.6 is 35.2 Å². The van der Waals surface area contributed by atoms with Crippen molar-refractivity contribution in [2.75, 3.05) is 0 Å². The molecule has 1 rings (SSSR count). The molecule has 2 atom stereocenters. The SMILES string of the molecule is SC1CC1I. The van der Waals surface area contributed by atoms with Crippen LogP contribution in [0.4, 0.5) is 0 Å². The van der Waals surface area contributed by atoms with Crippen LogP contribution in [0.1, 0.15) is 6.42 Å². The second-order valence-corrected chi connectivity index (χ2v) is 3.58. The average molecular weight is 200 g/mol. The second kappa shape index (κ2) is 1.30. The fraction of sp³-hybridized carbons (Fsp3) is 1.00. The summed E-state index contributed by atoms with van der Waals surface area (Å²) in [4.78, 5) is 0. The summed E-state index contributed by atoms with van der Waals surface area (Å²) in [5, 5.41) is 0.732. The molecule has 1 fully saturated rings. The Balaban J connectivity index is 2.20. The molecule has 0 aromatic carbocycles. The molecule has 0 heterocycles. The summed E-state index contributed by atoms with van der Waals surface area (Å²) in [5.74, 6) is 0. The van der Waals surface area contributed by atoms with Crippen molar-refractivity contribution in [2.45, 2.75) is 15.6 Å². The number of alkyl halides is 1. The monoisotopic (exact) mass is 200 g/mol. The Morgan fingerprint density at radius 3 is 2.00 bits per heavy atom. The van der Waals surface area contributed by atoms with Gasteiger partial charge in [0.05, 0.1) is 0 Å². The minimum atomic E-state index is 0.732. The van der Waals surface area contributed by atoms with Gasteiger partial charge in [-0.15, -0.1) is 0 Å². The molecular formula is C3H5IS. The highest BCUT2D eigenvalue weighted by Crippen LogP contribution is 2.34. The number of halogens is 1. The molecule has 0 nitrogen and oxygen atoms in total. The predicted molar refractivity (Wildman–Crippen MR) is 35.2 cm³/mol. The highest BCUT2D eigenvalue weighted by molar-refractivity contribution is 14.1. The van der Waals surface area contributed by atoms with Crippen LogP contribution < -0.4 is 0 Å². The van der Waals surface area contributed by atoms with Crippen LogP contribution in [0.25, 0.3) is 0 Å². The van der Waals surface area contributed by atoms with Gasteiger partial charge in [-0.05, 0) is 6.42 Å². The molecular weight excluding hydrogens is 195 g/mol. The summed E-state index contributed by atoms with van der Waals surface area (Å²) in [6, 6.07) is 0. The normalized spacial score (nSPS) is 49.2. The first-order valence-electron chi connectivity index (χ1n) is 1.63. The lowest BCUT2D eigenvalue weighted by atomic mass is 11.0. The van der Waals surface area contributed by atoms with E-state index in [0.29, 0.717) is 0 Å². The lowest BCUT2D eigenvalue weighted by molar-refractivity contribution is 1.53. The van der Waals surface area contributed by atoms with Crippen LogP contribution in [0.2, 0.25) is 0 Å². The Hall–Kier alpha value is 1.08. The van der Waals surface area contributed by atoms with E-state index in [9.17, 15) is 0 Å². The first-order chi connectivity index (χ1) is 2.30. The van der Waals surface area contributed by atoms with Crippen molar-refractivity contribution in [1.82, 2.24) is 0 Å². The third-order valence-corrected chi connectivity index (χ3v) is 3.20. The molecule has 1 saturated carbocycles. The van der Waals surface area contributed by atoms with E-state index in [4.69, 9.17) is 0 Å². The van der Waals surface area contributed by atoms with Gasteiger partial charge in [-0.25, -0.2) is 0 Å². The van der Waals surface area contributed by atoms with E-state index >= 15 is 0 Å².